The first-order chi connectivity index (χ1) is 8.45. The van der Waals surface area contributed by atoms with Crippen LogP contribution in [-0.4, -0.2) is 44.8 Å². The highest BCUT2D eigenvalue weighted by atomic mass is 32.1. The molecule has 100 valence electrons. The quantitative estimate of drug-likeness (QED) is 0.708. The molecule has 0 aromatic carbocycles. The van der Waals surface area contributed by atoms with Crippen LogP contribution in [0, 0.1) is 9.41 Å². The minimum Gasteiger partial charge on any atom is -0.394 e. The van der Waals surface area contributed by atoms with Crippen LogP contribution >= 0.6 is 24.4 Å². The number of alkyl halides is 1. The molecule has 0 amide bonds. The summed E-state index contributed by atoms with van der Waals surface area (Å²) in [5.41, 5.74) is 0.406. The number of ether oxygens (including phenoxy) is 1. The Hall–Kier alpha value is -0.670. The highest BCUT2D eigenvalue weighted by Gasteiger charge is 2.45. The smallest absolute Gasteiger partial charge is 0.177 e. The average molecular weight is 292 g/mol. The van der Waals surface area contributed by atoms with Crippen LogP contribution in [0.3, 0.4) is 0 Å². The third-order valence-electron chi connectivity index (χ3n) is 2.94. The number of aromatic amines is 1. The molecule has 8 heteroatoms. The highest BCUT2D eigenvalue weighted by molar-refractivity contribution is 7.72. The minimum absolute atomic E-state index is 0.275. The van der Waals surface area contributed by atoms with Crippen LogP contribution in [0.5, 0.6) is 0 Å². The Labute approximate surface area is 113 Å². The lowest BCUT2D eigenvalue weighted by atomic mass is 10.1. The van der Waals surface area contributed by atoms with Gasteiger partial charge in [-0.1, -0.05) is 12.2 Å². The van der Waals surface area contributed by atoms with Gasteiger partial charge in [0.1, 0.15) is 23.0 Å². The number of aliphatic hydroxyl groups is 2. The number of rotatable bonds is 2. The van der Waals surface area contributed by atoms with Gasteiger partial charge in [0.05, 0.1) is 6.61 Å². The van der Waals surface area contributed by atoms with Crippen LogP contribution in [0.2, 0.25) is 0 Å². The summed E-state index contributed by atoms with van der Waals surface area (Å²) in [6.07, 6.45) is -3.35. The van der Waals surface area contributed by atoms with E-state index in [2.05, 4.69) is 4.98 Å². The van der Waals surface area contributed by atoms with Crippen molar-refractivity contribution >= 4 is 24.4 Å². The van der Waals surface area contributed by atoms with E-state index in [1.54, 1.807) is 17.8 Å². The Morgan fingerprint density at radius 1 is 1.56 bits per heavy atom. The summed E-state index contributed by atoms with van der Waals surface area (Å²) in [5, 5.41) is 18.6. The van der Waals surface area contributed by atoms with Gasteiger partial charge in [-0.2, -0.15) is 0 Å². The number of nitrogens with zero attached hydrogens (tertiary/aromatic N) is 1. The van der Waals surface area contributed by atoms with E-state index in [-0.39, 0.29) is 4.64 Å². The number of halogens is 1. The molecule has 3 N–H and O–H groups in total. The third kappa shape index (κ3) is 2.26. The zero-order chi connectivity index (χ0) is 13.4. The van der Waals surface area contributed by atoms with E-state index >= 15 is 0 Å². The highest BCUT2D eigenvalue weighted by Crippen LogP contribution is 2.35. The second-order valence-corrected chi connectivity index (χ2v) is 4.96. The lowest BCUT2D eigenvalue weighted by molar-refractivity contribution is -0.0229. The molecule has 4 atom stereocenters. The molecule has 2 heterocycles. The summed E-state index contributed by atoms with van der Waals surface area (Å²) in [7, 11) is 1.69. The van der Waals surface area contributed by atoms with Gasteiger partial charge in [-0.15, -0.1) is 0 Å². The molecule has 1 aliphatic rings. The molecule has 0 spiro atoms. The van der Waals surface area contributed by atoms with Gasteiger partial charge in [0.2, 0.25) is 0 Å². The first-order valence-corrected chi connectivity index (χ1v) is 6.15. The largest absolute Gasteiger partial charge is 0.394 e. The second-order valence-electron chi connectivity index (χ2n) is 4.17. The zero-order valence-corrected chi connectivity index (χ0v) is 11.2. The Morgan fingerprint density at radius 2 is 2.22 bits per heavy atom. The third-order valence-corrected chi connectivity index (χ3v) is 3.67. The minimum atomic E-state index is -1.63. The Balaban J connectivity index is 2.42. The molecule has 18 heavy (non-hydrogen) atoms. The van der Waals surface area contributed by atoms with Crippen LogP contribution in [0.1, 0.15) is 11.7 Å². The molecule has 0 bridgehead atoms. The number of aromatic nitrogens is 2. The van der Waals surface area contributed by atoms with Gasteiger partial charge < -0.3 is 24.5 Å². The summed E-state index contributed by atoms with van der Waals surface area (Å²) < 4.78 is 21.5. The predicted molar refractivity (Wildman–Crippen MR) is 67.0 cm³/mol. The van der Waals surface area contributed by atoms with Crippen molar-refractivity contribution in [3.63, 3.8) is 0 Å². The van der Waals surface area contributed by atoms with Crippen molar-refractivity contribution in [3.8, 4) is 0 Å². The van der Waals surface area contributed by atoms with Crippen LogP contribution in [0.4, 0.5) is 4.39 Å². The molecule has 0 saturated carbocycles. The van der Waals surface area contributed by atoms with E-state index < -0.39 is 31.1 Å². The average Bonchev–Trinajstić information content (AvgIpc) is 2.61. The van der Waals surface area contributed by atoms with Gasteiger partial charge in [0, 0.05) is 18.8 Å². The molecular weight excluding hydrogens is 279 g/mol. The second kappa shape index (κ2) is 5.14. The van der Waals surface area contributed by atoms with E-state index in [9.17, 15) is 9.50 Å². The maximum Gasteiger partial charge on any atom is 0.177 e. The Morgan fingerprint density at radius 3 is 2.78 bits per heavy atom. The fourth-order valence-electron chi connectivity index (χ4n) is 1.91. The molecule has 1 aromatic heterocycles. The van der Waals surface area contributed by atoms with Crippen LogP contribution in [-0.2, 0) is 11.8 Å². The molecule has 2 unspecified atom stereocenters. The normalized spacial score (nSPS) is 31.8. The SMILES string of the molecule is Cn1cc([C@@H]2O[C@H](CO)C(O)C2F)c(=S)[nH]c1=S. The van der Waals surface area contributed by atoms with E-state index in [1.165, 1.54) is 0 Å². The summed E-state index contributed by atoms with van der Waals surface area (Å²) >= 11 is 10.1. The summed E-state index contributed by atoms with van der Waals surface area (Å²) in [5.74, 6) is 0. The number of hydrogen-bond donors (Lipinski definition) is 3. The topological polar surface area (TPSA) is 70.4 Å². The molecule has 1 aromatic rings. The summed E-state index contributed by atoms with van der Waals surface area (Å²) in [4.78, 5) is 2.75. The molecular formula is C10H13FN2O3S2. The monoisotopic (exact) mass is 292 g/mol. The van der Waals surface area contributed by atoms with Gasteiger partial charge in [0.25, 0.3) is 0 Å². The van der Waals surface area contributed by atoms with Gasteiger partial charge in [-0.3, -0.25) is 0 Å². The zero-order valence-electron chi connectivity index (χ0n) is 9.54. The van der Waals surface area contributed by atoms with E-state index in [0.717, 1.165) is 0 Å². The van der Waals surface area contributed by atoms with Crippen molar-refractivity contribution in [2.45, 2.75) is 24.5 Å². The number of aliphatic hydroxyl groups excluding tert-OH is 2. The van der Waals surface area contributed by atoms with Crippen molar-refractivity contribution in [2.75, 3.05) is 6.61 Å². The van der Waals surface area contributed by atoms with Crippen molar-refractivity contribution in [3.05, 3.63) is 21.2 Å². The number of hydrogen-bond acceptors (Lipinski definition) is 5. The van der Waals surface area contributed by atoms with Crippen LogP contribution in [0.25, 0.3) is 0 Å². The summed E-state index contributed by atoms with van der Waals surface area (Å²) in [6, 6.07) is 0. The lowest BCUT2D eigenvalue weighted by Gasteiger charge is -2.14. The van der Waals surface area contributed by atoms with Gasteiger partial charge in [-0.25, -0.2) is 4.39 Å². The number of aryl methyl sites for hydroxylation is 1. The standard InChI is InChI=1S/C10H13FN2O3S2/c1-13-2-4(9(17)12-10(13)18)8-6(11)7(15)5(3-14)16-8/h2,5-8,14-15H,3H2,1H3,(H,12,17,18)/t5-,6?,7?,8+/m1/s1. The number of H-pyrrole nitrogens is 1. The maximum atomic E-state index is 13.9. The molecule has 1 aliphatic heterocycles. The first kappa shape index (κ1) is 13.8. The Bertz CT molecular complexity index is 559. The number of nitrogens with one attached hydrogen (secondary N) is 1. The van der Waals surface area contributed by atoms with Crippen molar-refractivity contribution in [1.82, 2.24) is 9.55 Å². The predicted octanol–water partition coefficient (Wildman–Crippen LogP) is 0.943. The lowest BCUT2D eigenvalue weighted by Crippen LogP contribution is -2.30. The molecule has 5 nitrogen and oxygen atoms in total. The molecule has 2 rings (SSSR count). The van der Waals surface area contributed by atoms with E-state index in [0.29, 0.717) is 10.3 Å². The first-order valence-electron chi connectivity index (χ1n) is 5.34. The van der Waals surface area contributed by atoms with Gasteiger partial charge in [-0.05, 0) is 12.2 Å². The van der Waals surface area contributed by atoms with E-state index in [4.69, 9.17) is 34.3 Å². The van der Waals surface area contributed by atoms with Crippen molar-refractivity contribution in [2.24, 2.45) is 7.05 Å². The van der Waals surface area contributed by atoms with Crippen molar-refractivity contribution in [1.29, 1.82) is 0 Å². The fourth-order valence-corrected chi connectivity index (χ4v) is 2.39. The molecule has 0 radical (unpaired) electrons. The molecule has 0 aliphatic carbocycles. The van der Waals surface area contributed by atoms with Gasteiger partial charge >= 0.3 is 0 Å². The van der Waals surface area contributed by atoms with Gasteiger partial charge in [0.15, 0.2) is 10.9 Å². The maximum absolute atomic E-state index is 13.9. The van der Waals surface area contributed by atoms with Crippen molar-refractivity contribution < 1.29 is 19.3 Å². The molecule has 1 saturated heterocycles. The summed E-state index contributed by atoms with van der Waals surface area (Å²) in [6.45, 7) is -0.445. The Kier molecular flexibility index (Phi) is 3.93. The van der Waals surface area contributed by atoms with Crippen LogP contribution < -0.4 is 0 Å². The van der Waals surface area contributed by atoms with Crippen LogP contribution in [0.15, 0.2) is 6.20 Å². The fraction of sp³-hybridized carbons (Fsp3) is 0.600. The van der Waals surface area contributed by atoms with E-state index in [1.807, 2.05) is 0 Å². The molecule has 1 fully saturated rings.